The van der Waals surface area contributed by atoms with Gasteiger partial charge in [0.25, 0.3) is 10.0 Å². The summed E-state index contributed by atoms with van der Waals surface area (Å²) in [4.78, 5) is 0.0329. The Morgan fingerprint density at radius 1 is 1.15 bits per heavy atom. The van der Waals surface area contributed by atoms with Gasteiger partial charge in [0.1, 0.15) is 5.75 Å². The number of halogens is 4. The Morgan fingerprint density at radius 2 is 1.85 bits per heavy atom. The van der Waals surface area contributed by atoms with Crippen LogP contribution in [0, 0.1) is 3.57 Å². The number of sulfonamides is 1. The number of fused-ring (bicyclic) bond motifs is 1. The van der Waals surface area contributed by atoms with E-state index in [4.69, 9.17) is 4.74 Å². The number of alkyl halides is 3. The zero-order chi connectivity index (χ0) is 19.3. The molecule has 0 atom stereocenters. The third kappa shape index (κ3) is 3.64. The molecule has 0 aromatic heterocycles. The first-order valence-corrected chi connectivity index (χ1v) is 10.1. The molecule has 0 bridgehead atoms. The van der Waals surface area contributed by atoms with E-state index in [-0.39, 0.29) is 19.6 Å². The maximum Gasteiger partial charge on any atom is 0.416 e. The summed E-state index contributed by atoms with van der Waals surface area (Å²) >= 11 is 1.67. The molecule has 1 N–H and O–H groups in total. The molecule has 2 aromatic rings. The highest BCUT2D eigenvalue weighted by atomic mass is 127. The fraction of sp³-hybridized carbons (Fsp3) is 0.294. The van der Waals surface area contributed by atoms with E-state index >= 15 is 0 Å². The largest absolute Gasteiger partial charge is 0.492 e. The first-order chi connectivity index (χ1) is 11.9. The summed E-state index contributed by atoms with van der Waals surface area (Å²) in [5.74, 6) is 0.637. The summed E-state index contributed by atoms with van der Waals surface area (Å²) in [5.41, 5.74) is -0.276. The van der Waals surface area contributed by atoms with Crippen LogP contribution in [0.3, 0.4) is 0 Å². The zero-order valence-electron chi connectivity index (χ0n) is 13.8. The highest BCUT2D eigenvalue weighted by Gasteiger charge is 2.34. The monoisotopic (exact) mass is 497 g/mol. The van der Waals surface area contributed by atoms with Crippen molar-refractivity contribution in [2.24, 2.45) is 0 Å². The molecule has 3 rings (SSSR count). The van der Waals surface area contributed by atoms with Crippen molar-refractivity contribution in [2.75, 3.05) is 11.3 Å². The Labute approximate surface area is 162 Å². The van der Waals surface area contributed by atoms with E-state index in [2.05, 4.69) is 4.72 Å². The average molecular weight is 497 g/mol. The molecule has 0 spiro atoms. The van der Waals surface area contributed by atoms with Crippen molar-refractivity contribution in [2.45, 2.75) is 30.3 Å². The highest BCUT2D eigenvalue weighted by Crippen LogP contribution is 2.40. The molecule has 9 heteroatoms. The fourth-order valence-electron chi connectivity index (χ4n) is 2.64. The maximum absolute atomic E-state index is 12.7. The lowest BCUT2D eigenvalue weighted by Crippen LogP contribution is -2.19. The minimum absolute atomic E-state index is 0.0329. The molecule has 140 valence electrons. The van der Waals surface area contributed by atoms with E-state index in [0.717, 1.165) is 23.8 Å². The van der Waals surface area contributed by atoms with Gasteiger partial charge in [-0.1, -0.05) is 13.8 Å². The molecule has 26 heavy (non-hydrogen) atoms. The van der Waals surface area contributed by atoms with Gasteiger partial charge in [-0.05, 0) is 59.0 Å². The standard InChI is InChI=1S/C17H15F3INO3S/c1-16(2)9-25-15-6-4-11(8-12(15)16)26(23,24)22-14-5-3-10(7-13(14)21)17(18,19)20/h3-8,22H,9H2,1-2H3. The van der Waals surface area contributed by atoms with Gasteiger partial charge in [0.2, 0.25) is 0 Å². The summed E-state index contributed by atoms with van der Waals surface area (Å²) in [6.07, 6.45) is -4.48. The van der Waals surface area contributed by atoms with Gasteiger partial charge in [0.05, 0.1) is 22.8 Å². The van der Waals surface area contributed by atoms with Crippen LogP contribution in [0.5, 0.6) is 5.75 Å². The Morgan fingerprint density at radius 3 is 2.46 bits per heavy atom. The van der Waals surface area contributed by atoms with Crippen LogP contribution in [0.25, 0.3) is 0 Å². The summed E-state index contributed by atoms with van der Waals surface area (Å²) in [7, 11) is -3.95. The van der Waals surface area contributed by atoms with E-state index in [0.29, 0.717) is 12.4 Å². The lowest BCUT2D eigenvalue weighted by molar-refractivity contribution is -0.137. The maximum atomic E-state index is 12.7. The van der Waals surface area contributed by atoms with E-state index in [1.807, 2.05) is 13.8 Å². The summed E-state index contributed by atoms with van der Waals surface area (Å²) in [6, 6.07) is 7.41. The van der Waals surface area contributed by atoms with Crippen LogP contribution in [-0.4, -0.2) is 15.0 Å². The summed E-state index contributed by atoms with van der Waals surface area (Å²) < 4.78 is 71.6. The topological polar surface area (TPSA) is 55.4 Å². The van der Waals surface area contributed by atoms with Crippen molar-refractivity contribution in [3.8, 4) is 5.75 Å². The van der Waals surface area contributed by atoms with Crippen LogP contribution < -0.4 is 9.46 Å². The van der Waals surface area contributed by atoms with Crippen LogP contribution in [0.2, 0.25) is 0 Å². The van der Waals surface area contributed by atoms with Gasteiger partial charge >= 0.3 is 6.18 Å². The van der Waals surface area contributed by atoms with Crippen LogP contribution in [-0.2, 0) is 21.6 Å². The minimum Gasteiger partial charge on any atom is -0.492 e. The molecule has 0 unspecified atom stereocenters. The second kappa shape index (κ2) is 6.29. The third-order valence-electron chi connectivity index (χ3n) is 4.12. The molecule has 0 saturated heterocycles. The average Bonchev–Trinajstić information content (AvgIpc) is 2.83. The molecule has 0 fully saturated rings. The molecule has 4 nitrogen and oxygen atoms in total. The number of hydrogen-bond acceptors (Lipinski definition) is 3. The smallest absolute Gasteiger partial charge is 0.416 e. The lowest BCUT2D eigenvalue weighted by atomic mass is 9.87. The van der Waals surface area contributed by atoms with Gasteiger partial charge in [-0.15, -0.1) is 0 Å². The molecule has 1 aliphatic heterocycles. The summed E-state index contributed by atoms with van der Waals surface area (Å²) in [6.45, 7) is 4.35. The zero-order valence-corrected chi connectivity index (χ0v) is 16.8. The molecule has 1 heterocycles. The normalized spacial score (nSPS) is 16.1. The molecule has 2 aromatic carbocycles. The van der Waals surface area contributed by atoms with Crippen molar-refractivity contribution in [1.29, 1.82) is 0 Å². The van der Waals surface area contributed by atoms with Crippen LogP contribution in [0.15, 0.2) is 41.3 Å². The molecule has 0 aliphatic carbocycles. The van der Waals surface area contributed by atoms with Gasteiger partial charge < -0.3 is 4.74 Å². The number of hydrogen-bond donors (Lipinski definition) is 1. The number of benzene rings is 2. The lowest BCUT2D eigenvalue weighted by Gasteiger charge is -2.16. The van der Waals surface area contributed by atoms with Gasteiger partial charge in [0.15, 0.2) is 0 Å². The predicted molar refractivity (Wildman–Crippen MR) is 99.9 cm³/mol. The Kier molecular flexibility index (Phi) is 4.67. The van der Waals surface area contributed by atoms with Crippen LogP contribution >= 0.6 is 22.6 Å². The molecule has 0 saturated carbocycles. The van der Waals surface area contributed by atoms with Crippen LogP contribution in [0.4, 0.5) is 18.9 Å². The second-order valence-electron chi connectivity index (χ2n) is 6.63. The van der Waals surface area contributed by atoms with E-state index < -0.39 is 21.8 Å². The Bertz CT molecular complexity index is 972. The highest BCUT2D eigenvalue weighted by molar-refractivity contribution is 14.1. The molecular weight excluding hydrogens is 482 g/mol. The number of ether oxygens (including phenoxy) is 1. The molecular formula is C17H15F3INO3S. The fourth-order valence-corrected chi connectivity index (χ4v) is 4.58. The molecule has 1 aliphatic rings. The summed E-state index contributed by atoms with van der Waals surface area (Å²) in [5, 5.41) is 0. The van der Waals surface area contributed by atoms with E-state index in [1.165, 1.54) is 6.07 Å². The first-order valence-electron chi connectivity index (χ1n) is 7.57. The van der Waals surface area contributed by atoms with Gasteiger partial charge in [-0.2, -0.15) is 13.2 Å². The number of nitrogens with one attached hydrogen (secondary N) is 1. The second-order valence-corrected chi connectivity index (χ2v) is 9.47. The van der Waals surface area contributed by atoms with Gasteiger partial charge in [-0.3, -0.25) is 4.72 Å². The van der Waals surface area contributed by atoms with Crippen molar-refractivity contribution in [3.05, 3.63) is 51.1 Å². The molecule has 0 radical (unpaired) electrons. The SMILES string of the molecule is CC1(C)COc2ccc(S(=O)(=O)Nc3ccc(C(F)(F)F)cc3I)cc21. The quantitative estimate of drug-likeness (QED) is 0.622. The predicted octanol–water partition coefficient (Wildman–Crippen LogP) is 4.78. The van der Waals surface area contributed by atoms with Gasteiger partial charge in [-0.25, -0.2) is 8.42 Å². The van der Waals surface area contributed by atoms with E-state index in [9.17, 15) is 21.6 Å². The van der Waals surface area contributed by atoms with Crippen molar-refractivity contribution in [3.63, 3.8) is 0 Å². The van der Waals surface area contributed by atoms with Gasteiger partial charge in [0, 0.05) is 14.5 Å². The van der Waals surface area contributed by atoms with Crippen molar-refractivity contribution < 1.29 is 26.3 Å². The third-order valence-corrected chi connectivity index (χ3v) is 6.38. The van der Waals surface area contributed by atoms with E-state index in [1.54, 1.807) is 34.7 Å². The Balaban J connectivity index is 1.93. The van der Waals surface area contributed by atoms with Crippen molar-refractivity contribution in [1.82, 2.24) is 0 Å². The molecule has 0 amide bonds. The van der Waals surface area contributed by atoms with Crippen LogP contribution in [0.1, 0.15) is 25.0 Å². The number of rotatable bonds is 3. The Hall–Kier alpha value is -1.49. The number of anilines is 1. The minimum atomic E-state index is -4.48. The van der Waals surface area contributed by atoms with Crippen molar-refractivity contribution >= 4 is 38.3 Å². The first kappa shape index (κ1) is 19.3.